The maximum atomic E-state index is 12.2. The molecule has 1 amide bonds. The van der Waals surface area contributed by atoms with E-state index in [9.17, 15) is 14.7 Å². The zero-order valence-corrected chi connectivity index (χ0v) is 20.5. The lowest BCUT2D eigenvalue weighted by atomic mass is 9.78. The number of aromatic hydroxyl groups is 1. The summed E-state index contributed by atoms with van der Waals surface area (Å²) in [4.78, 5) is 23.2. The van der Waals surface area contributed by atoms with Gasteiger partial charge in [-0.15, -0.1) is 0 Å². The van der Waals surface area contributed by atoms with Gasteiger partial charge in [0.05, 0.1) is 0 Å². The minimum Gasteiger partial charge on any atom is -0.507 e. The van der Waals surface area contributed by atoms with Crippen LogP contribution in [-0.4, -0.2) is 22.3 Å². The quantitative estimate of drug-likeness (QED) is 0.253. The van der Waals surface area contributed by atoms with Crippen LogP contribution < -0.4 is 14.8 Å². The Morgan fingerprint density at radius 1 is 0.811 bits per heavy atom. The monoisotopic (exact) mass is 497 g/mol. The molecule has 4 aromatic rings. The second-order valence-electron chi connectivity index (χ2n) is 9.00. The number of carbonyl (C=O) groups is 2. The van der Waals surface area contributed by atoms with Gasteiger partial charge in [-0.05, 0) is 53.1 Å². The highest BCUT2D eigenvalue weighted by Crippen LogP contribution is 2.33. The number of aromatic carboxylic acids is 1. The van der Waals surface area contributed by atoms with Crippen LogP contribution in [0.3, 0.4) is 0 Å². The van der Waals surface area contributed by atoms with Gasteiger partial charge >= 0.3 is 12.1 Å². The standard InChI is InChI=1S/C30H27NO6/c1-30(2,21-8-13-24(14-9-21)36-19-20-6-4-3-5-7-20)22-10-15-25(16-11-22)37-29(35)31-23-12-17-26(28(33)34)27(32)18-23/h3-18,32H,19H2,1-2H3,(H,31,35)(H,33,34). The number of hydrogen-bond donors (Lipinski definition) is 3. The number of carbonyl (C=O) groups excluding carboxylic acids is 1. The molecule has 0 fully saturated rings. The first-order chi connectivity index (χ1) is 17.7. The van der Waals surface area contributed by atoms with Gasteiger partial charge in [0.1, 0.15) is 29.4 Å². The SMILES string of the molecule is CC(C)(c1ccc(OCc2ccccc2)cc1)c1ccc(OC(=O)Nc2ccc(C(=O)O)c(O)c2)cc1. The Kier molecular flexibility index (Phi) is 7.44. The largest absolute Gasteiger partial charge is 0.507 e. The van der Waals surface area contributed by atoms with Crippen molar-refractivity contribution in [1.29, 1.82) is 0 Å². The Bertz CT molecular complexity index is 1380. The zero-order chi connectivity index (χ0) is 26.4. The van der Waals surface area contributed by atoms with Crippen LogP contribution in [0.25, 0.3) is 0 Å². The lowest BCUT2D eigenvalue weighted by molar-refractivity contribution is 0.0693. The molecule has 0 aromatic heterocycles. The Labute approximate surface area is 214 Å². The van der Waals surface area contributed by atoms with E-state index in [1.807, 2.05) is 66.7 Å². The van der Waals surface area contributed by atoms with E-state index in [4.69, 9.17) is 14.6 Å². The summed E-state index contributed by atoms with van der Waals surface area (Å²) in [5.74, 6) is -0.577. The predicted molar refractivity (Wildman–Crippen MR) is 140 cm³/mol. The fourth-order valence-electron chi connectivity index (χ4n) is 3.86. The molecule has 4 rings (SSSR count). The van der Waals surface area contributed by atoms with Crippen molar-refractivity contribution in [3.05, 3.63) is 119 Å². The van der Waals surface area contributed by atoms with E-state index in [0.717, 1.165) is 28.5 Å². The summed E-state index contributed by atoms with van der Waals surface area (Å²) in [7, 11) is 0. The predicted octanol–water partition coefficient (Wildman–Crippen LogP) is 6.61. The number of nitrogens with one attached hydrogen (secondary N) is 1. The number of anilines is 1. The van der Waals surface area contributed by atoms with Crippen molar-refractivity contribution in [3.8, 4) is 17.2 Å². The summed E-state index contributed by atoms with van der Waals surface area (Å²) < 4.78 is 11.2. The highest BCUT2D eigenvalue weighted by molar-refractivity contribution is 5.93. The van der Waals surface area contributed by atoms with Gasteiger partial charge in [-0.25, -0.2) is 9.59 Å². The van der Waals surface area contributed by atoms with Crippen LogP contribution in [0.15, 0.2) is 97.1 Å². The molecule has 0 bridgehead atoms. The summed E-state index contributed by atoms with van der Waals surface area (Å²) in [5.41, 5.74) is 2.90. The Balaban J connectivity index is 1.36. The number of amides is 1. The van der Waals surface area contributed by atoms with Crippen LogP contribution in [0.1, 0.15) is 40.9 Å². The highest BCUT2D eigenvalue weighted by atomic mass is 16.6. The number of phenols is 1. The maximum Gasteiger partial charge on any atom is 0.417 e. The van der Waals surface area contributed by atoms with Gasteiger partial charge in [-0.2, -0.15) is 0 Å². The summed E-state index contributed by atoms with van der Waals surface area (Å²) in [6.45, 7) is 4.73. The van der Waals surface area contributed by atoms with Crippen LogP contribution in [0.4, 0.5) is 10.5 Å². The highest BCUT2D eigenvalue weighted by Gasteiger charge is 2.23. The molecule has 3 N–H and O–H groups in total. The topological polar surface area (TPSA) is 105 Å². The van der Waals surface area contributed by atoms with Crippen LogP contribution in [0, 0.1) is 0 Å². The lowest BCUT2D eigenvalue weighted by Gasteiger charge is -2.26. The van der Waals surface area contributed by atoms with E-state index < -0.39 is 17.8 Å². The zero-order valence-electron chi connectivity index (χ0n) is 20.5. The van der Waals surface area contributed by atoms with E-state index >= 15 is 0 Å². The molecule has 4 aromatic carbocycles. The van der Waals surface area contributed by atoms with Gasteiger partial charge in [0, 0.05) is 17.2 Å². The summed E-state index contributed by atoms with van der Waals surface area (Å²) >= 11 is 0. The number of carboxylic acids is 1. The molecular weight excluding hydrogens is 470 g/mol. The van der Waals surface area contributed by atoms with Crippen molar-refractivity contribution in [1.82, 2.24) is 0 Å². The van der Waals surface area contributed by atoms with Crippen molar-refractivity contribution in [3.63, 3.8) is 0 Å². The first-order valence-corrected chi connectivity index (χ1v) is 11.7. The number of hydrogen-bond acceptors (Lipinski definition) is 5. The van der Waals surface area contributed by atoms with Crippen molar-refractivity contribution >= 4 is 17.7 Å². The fourth-order valence-corrected chi connectivity index (χ4v) is 3.86. The van der Waals surface area contributed by atoms with E-state index in [2.05, 4.69) is 19.2 Å². The lowest BCUT2D eigenvalue weighted by Crippen LogP contribution is -2.19. The summed E-state index contributed by atoms with van der Waals surface area (Å²) in [6.07, 6.45) is -0.763. The Morgan fingerprint density at radius 3 is 1.97 bits per heavy atom. The molecule has 0 saturated carbocycles. The van der Waals surface area contributed by atoms with E-state index in [1.54, 1.807) is 12.1 Å². The molecule has 0 unspecified atom stereocenters. The van der Waals surface area contributed by atoms with Gasteiger partial charge in [0.2, 0.25) is 0 Å². The molecule has 37 heavy (non-hydrogen) atoms. The molecule has 0 aliphatic carbocycles. The maximum absolute atomic E-state index is 12.2. The second-order valence-corrected chi connectivity index (χ2v) is 9.00. The van der Waals surface area contributed by atoms with Crippen LogP contribution in [0.5, 0.6) is 17.2 Å². The molecule has 7 nitrogen and oxygen atoms in total. The molecule has 0 atom stereocenters. The van der Waals surface area contributed by atoms with Crippen molar-refractivity contribution < 1.29 is 29.3 Å². The first kappa shape index (κ1) is 25.3. The third kappa shape index (κ3) is 6.27. The van der Waals surface area contributed by atoms with Crippen LogP contribution >= 0.6 is 0 Å². The van der Waals surface area contributed by atoms with Gasteiger partial charge in [0.25, 0.3) is 0 Å². The average Bonchev–Trinajstić information content (AvgIpc) is 2.88. The molecule has 0 spiro atoms. The Hall–Kier alpha value is -4.78. The molecule has 0 heterocycles. The Morgan fingerprint density at radius 2 is 1.41 bits per heavy atom. The van der Waals surface area contributed by atoms with Crippen LogP contribution in [0.2, 0.25) is 0 Å². The average molecular weight is 498 g/mol. The molecule has 0 aliphatic rings. The smallest absolute Gasteiger partial charge is 0.417 e. The summed E-state index contributed by atoms with van der Waals surface area (Å²) in [6, 6.07) is 28.9. The summed E-state index contributed by atoms with van der Waals surface area (Å²) in [5, 5.41) is 21.2. The van der Waals surface area contributed by atoms with Gasteiger partial charge in [-0.3, -0.25) is 5.32 Å². The van der Waals surface area contributed by atoms with Crippen molar-refractivity contribution in [2.24, 2.45) is 0 Å². The third-order valence-corrected chi connectivity index (χ3v) is 6.09. The van der Waals surface area contributed by atoms with E-state index in [0.29, 0.717) is 12.4 Å². The van der Waals surface area contributed by atoms with Gasteiger partial charge in [-0.1, -0.05) is 68.4 Å². The van der Waals surface area contributed by atoms with E-state index in [1.165, 1.54) is 12.1 Å². The molecule has 0 aliphatic heterocycles. The van der Waals surface area contributed by atoms with Crippen LogP contribution in [-0.2, 0) is 12.0 Å². The number of benzene rings is 4. The number of ether oxygens (including phenoxy) is 2. The van der Waals surface area contributed by atoms with Crippen molar-refractivity contribution in [2.45, 2.75) is 25.9 Å². The molecule has 7 heteroatoms. The minimum atomic E-state index is -1.26. The minimum absolute atomic E-state index is 0.210. The molecular formula is C30H27NO6. The fraction of sp³-hybridized carbons (Fsp3) is 0.133. The number of carboxylic acid groups (broad SMARTS) is 1. The van der Waals surface area contributed by atoms with E-state index in [-0.39, 0.29) is 16.7 Å². The normalized spacial score (nSPS) is 11.0. The second kappa shape index (κ2) is 10.9. The molecule has 0 radical (unpaired) electrons. The molecule has 188 valence electrons. The van der Waals surface area contributed by atoms with Crippen molar-refractivity contribution in [2.75, 3.05) is 5.32 Å². The number of rotatable bonds is 8. The van der Waals surface area contributed by atoms with Gasteiger partial charge < -0.3 is 19.7 Å². The molecule has 0 saturated heterocycles. The first-order valence-electron chi connectivity index (χ1n) is 11.7. The van der Waals surface area contributed by atoms with Gasteiger partial charge in [0.15, 0.2) is 0 Å². The third-order valence-electron chi connectivity index (χ3n) is 6.09.